The second-order valence-corrected chi connectivity index (χ2v) is 5.41. The van der Waals surface area contributed by atoms with Crippen LogP contribution in [0.5, 0.6) is 11.5 Å². The van der Waals surface area contributed by atoms with Gasteiger partial charge in [-0.05, 0) is 37.1 Å². The van der Waals surface area contributed by atoms with Gasteiger partial charge in [-0.2, -0.15) is 0 Å². The summed E-state index contributed by atoms with van der Waals surface area (Å²) in [6.45, 7) is 2.34. The lowest BCUT2D eigenvalue weighted by Gasteiger charge is -2.15. The Hall–Kier alpha value is -2.69. The lowest BCUT2D eigenvalue weighted by molar-refractivity contribution is 0.237. The summed E-state index contributed by atoms with van der Waals surface area (Å²) in [7, 11) is 1.61. The van der Waals surface area contributed by atoms with E-state index in [0.717, 1.165) is 16.9 Å². The fourth-order valence-electron chi connectivity index (χ4n) is 2.34. The summed E-state index contributed by atoms with van der Waals surface area (Å²) in [6.07, 6.45) is 0.697. The smallest absolute Gasteiger partial charge is 0.315 e. The molecule has 2 aromatic rings. The van der Waals surface area contributed by atoms with Crippen molar-refractivity contribution in [2.24, 2.45) is 0 Å². The molecule has 0 heterocycles. The lowest BCUT2D eigenvalue weighted by Crippen LogP contribution is -2.41. The van der Waals surface area contributed by atoms with Gasteiger partial charge in [-0.3, -0.25) is 0 Å². The molecule has 2 aromatic carbocycles. The van der Waals surface area contributed by atoms with Gasteiger partial charge in [0.05, 0.1) is 7.11 Å². The molecule has 0 saturated carbocycles. The highest BCUT2D eigenvalue weighted by atomic mass is 16.5. The number of phenolic OH excluding ortho intramolecular Hbond substituents is 1. The Balaban J connectivity index is 1.81. The zero-order valence-electron chi connectivity index (χ0n) is 13.4. The summed E-state index contributed by atoms with van der Waals surface area (Å²) in [5.74, 6) is 0.994. The van der Waals surface area contributed by atoms with Gasteiger partial charge in [0.15, 0.2) is 0 Å². The lowest BCUT2D eigenvalue weighted by atomic mass is 10.1. The molecule has 0 aliphatic rings. The number of carbonyl (C=O) groups is 1. The Morgan fingerprint density at radius 1 is 1.17 bits per heavy atom. The predicted molar refractivity (Wildman–Crippen MR) is 89.6 cm³/mol. The van der Waals surface area contributed by atoms with E-state index >= 15 is 0 Å². The monoisotopic (exact) mass is 314 g/mol. The van der Waals surface area contributed by atoms with Gasteiger partial charge in [-0.1, -0.05) is 30.3 Å². The minimum Gasteiger partial charge on any atom is -0.508 e. The summed E-state index contributed by atoms with van der Waals surface area (Å²) in [4.78, 5) is 12.0. The van der Waals surface area contributed by atoms with Gasteiger partial charge >= 0.3 is 6.03 Å². The molecular formula is C18H22N2O3. The number of carbonyl (C=O) groups excluding carboxylic acids is 1. The Morgan fingerprint density at radius 2 is 1.87 bits per heavy atom. The number of ether oxygens (including phenoxy) is 1. The van der Waals surface area contributed by atoms with E-state index in [9.17, 15) is 9.90 Å². The van der Waals surface area contributed by atoms with Crippen molar-refractivity contribution in [1.29, 1.82) is 0 Å². The normalized spacial score (nSPS) is 11.6. The molecule has 0 spiro atoms. The molecule has 5 heteroatoms. The highest BCUT2D eigenvalue weighted by Gasteiger charge is 2.09. The molecule has 0 saturated heterocycles. The molecule has 1 atom stereocenters. The number of hydrogen-bond acceptors (Lipinski definition) is 3. The van der Waals surface area contributed by atoms with Crippen molar-refractivity contribution >= 4 is 6.03 Å². The van der Waals surface area contributed by atoms with Crippen LogP contribution in [-0.2, 0) is 13.0 Å². The Labute approximate surface area is 136 Å². The summed E-state index contributed by atoms with van der Waals surface area (Å²) >= 11 is 0. The molecule has 2 amide bonds. The van der Waals surface area contributed by atoms with Gasteiger partial charge in [0.25, 0.3) is 0 Å². The number of nitrogens with one attached hydrogen (secondary N) is 2. The van der Waals surface area contributed by atoms with Crippen LogP contribution in [0.2, 0.25) is 0 Å². The largest absolute Gasteiger partial charge is 0.508 e. The molecular weight excluding hydrogens is 292 g/mol. The van der Waals surface area contributed by atoms with E-state index in [2.05, 4.69) is 10.6 Å². The van der Waals surface area contributed by atoms with Gasteiger partial charge in [-0.15, -0.1) is 0 Å². The molecule has 0 radical (unpaired) electrons. The molecule has 0 bridgehead atoms. The van der Waals surface area contributed by atoms with Gasteiger partial charge in [0, 0.05) is 18.2 Å². The van der Waals surface area contributed by atoms with E-state index in [1.807, 2.05) is 43.3 Å². The van der Waals surface area contributed by atoms with Crippen LogP contribution >= 0.6 is 0 Å². The molecule has 2 rings (SSSR count). The average molecular weight is 314 g/mol. The number of benzene rings is 2. The minimum atomic E-state index is -0.220. The first-order chi connectivity index (χ1) is 11.1. The van der Waals surface area contributed by atoms with Crippen LogP contribution in [0.25, 0.3) is 0 Å². The van der Waals surface area contributed by atoms with Crippen LogP contribution in [0.3, 0.4) is 0 Å². The number of amides is 2. The molecule has 3 N–H and O–H groups in total. The maximum atomic E-state index is 12.0. The van der Waals surface area contributed by atoms with Crippen LogP contribution in [0, 0.1) is 0 Å². The molecule has 0 aromatic heterocycles. The van der Waals surface area contributed by atoms with Gasteiger partial charge in [0.1, 0.15) is 11.5 Å². The number of aromatic hydroxyl groups is 1. The first-order valence-corrected chi connectivity index (χ1v) is 7.52. The molecule has 0 aliphatic heterocycles. The minimum absolute atomic E-state index is 0.0165. The fraction of sp³-hybridized carbons (Fsp3) is 0.278. The van der Waals surface area contributed by atoms with E-state index in [4.69, 9.17) is 4.74 Å². The number of rotatable bonds is 6. The topological polar surface area (TPSA) is 70.6 Å². The third-order valence-corrected chi connectivity index (χ3v) is 3.49. The van der Waals surface area contributed by atoms with Crippen molar-refractivity contribution in [3.05, 3.63) is 59.7 Å². The van der Waals surface area contributed by atoms with Crippen LogP contribution in [0.15, 0.2) is 48.5 Å². The maximum Gasteiger partial charge on any atom is 0.315 e. The molecule has 1 unspecified atom stereocenters. The predicted octanol–water partition coefficient (Wildman–Crippen LogP) is 2.83. The van der Waals surface area contributed by atoms with Crippen molar-refractivity contribution in [1.82, 2.24) is 10.6 Å². The van der Waals surface area contributed by atoms with Crippen molar-refractivity contribution < 1.29 is 14.6 Å². The fourth-order valence-corrected chi connectivity index (χ4v) is 2.34. The third kappa shape index (κ3) is 5.21. The SMILES string of the molecule is COc1ccccc1CNC(=O)NC(C)Cc1ccc(O)cc1. The molecule has 23 heavy (non-hydrogen) atoms. The van der Waals surface area contributed by atoms with E-state index in [0.29, 0.717) is 13.0 Å². The zero-order valence-corrected chi connectivity index (χ0v) is 13.4. The number of methoxy groups -OCH3 is 1. The average Bonchev–Trinajstić information content (AvgIpc) is 2.55. The molecule has 0 aliphatic carbocycles. The number of urea groups is 1. The standard InChI is InChI=1S/C18H22N2O3/c1-13(11-14-7-9-16(21)10-8-14)20-18(22)19-12-15-5-3-4-6-17(15)23-2/h3-10,13,21H,11-12H2,1-2H3,(H2,19,20,22). The van der Waals surface area contributed by atoms with Crippen molar-refractivity contribution in [2.75, 3.05) is 7.11 Å². The van der Waals surface area contributed by atoms with Crippen LogP contribution in [0.4, 0.5) is 4.79 Å². The highest BCUT2D eigenvalue weighted by molar-refractivity contribution is 5.74. The second kappa shape index (κ2) is 8.08. The first kappa shape index (κ1) is 16.7. The molecule has 0 fully saturated rings. The summed E-state index contributed by atoms with van der Waals surface area (Å²) in [5.41, 5.74) is 1.98. The van der Waals surface area contributed by atoms with Crippen molar-refractivity contribution in [3.8, 4) is 11.5 Å². The van der Waals surface area contributed by atoms with E-state index < -0.39 is 0 Å². The van der Waals surface area contributed by atoms with E-state index in [1.165, 1.54) is 0 Å². The van der Waals surface area contributed by atoms with Crippen LogP contribution in [-0.4, -0.2) is 24.3 Å². The van der Waals surface area contributed by atoms with E-state index in [-0.39, 0.29) is 17.8 Å². The first-order valence-electron chi connectivity index (χ1n) is 7.52. The maximum absolute atomic E-state index is 12.0. The summed E-state index contributed by atoms with van der Waals surface area (Å²) < 4.78 is 5.26. The molecule has 5 nitrogen and oxygen atoms in total. The Kier molecular flexibility index (Phi) is 5.86. The van der Waals surface area contributed by atoms with Gasteiger partial charge in [-0.25, -0.2) is 4.79 Å². The van der Waals surface area contributed by atoms with E-state index in [1.54, 1.807) is 19.2 Å². The third-order valence-electron chi connectivity index (χ3n) is 3.49. The Bertz CT molecular complexity index is 641. The quantitative estimate of drug-likeness (QED) is 0.768. The summed E-state index contributed by atoms with van der Waals surface area (Å²) in [5, 5.41) is 15.0. The highest BCUT2D eigenvalue weighted by Crippen LogP contribution is 2.16. The van der Waals surface area contributed by atoms with Crippen LogP contribution < -0.4 is 15.4 Å². The number of phenols is 1. The van der Waals surface area contributed by atoms with Crippen molar-refractivity contribution in [3.63, 3.8) is 0 Å². The zero-order chi connectivity index (χ0) is 16.7. The van der Waals surface area contributed by atoms with Gasteiger partial charge < -0.3 is 20.5 Å². The van der Waals surface area contributed by atoms with Crippen molar-refractivity contribution in [2.45, 2.75) is 25.9 Å². The second-order valence-electron chi connectivity index (χ2n) is 5.41. The number of hydrogen-bond donors (Lipinski definition) is 3. The number of para-hydroxylation sites is 1. The van der Waals surface area contributed by atoms with Gasteiger partial charge in [0.2, 0.25) is 0 Å². The summed E-state index contributed by atoms with van der Waals surface area (Å²) in [6, 6.07) is 14.3. The molecule has 122 valence electrons. The Morgan fingerprint density at radius 3 is 2.57 bits per heavy atom. The van der Waals surface area contributed by atoms with Crippen LogP contribution in [0.1, 0.15) is 18.1 Å².